The van der Waals surface area contributed by atoms with Crippen molar-refractivity contribution in [1.29, 1.82) is 0 Å². The van der Waals surface area contributed by atoms with Crippen LogP contribution in [-0.2, 0) is 11.3 Å². The number of benzene rings is 2. The van der Waals surface area contributed by atoms with Gasteiger partial charge in [0.1, 0.15) is 0 Å². The zero-order chi connectivity index (χ0) is 18.0. The maximum absolute atomic E-state index is 11.8. The molecule has 1 aliphatic heterocycles. The molecule has 3 nitrogen and oxygen atoms in total. The van der Waals surface area contributed by atoms with E-state index in [1.165, 1.54) is 27.8 Å². The van der Waals surface area contributed by atoms with E-state index in [9.17, 15) is 4.79 Å². The number of rotatable bonds is 5. The van der Waals surface area contributed by atoms with E-state index < -0.39 is 0 Å². The first kappa shape index (κ1) is 17.7. The summed E-state index contributed by atoms with van der Waals surface area (Å²) < 4.78 is 0. The summed E-state index contributed by atoms with van der Waals surface area (Å²) >= 11 is 0. The Kier molecular flexibility index (Phi) is 5.24. The topological polar surface area (TPSA) is 32.3 Å². The maximum Gasteiger partial charge on any atom is 0.227 e. The van der Waals surface area contributed by atoms with Crippen LogP contribution < -0.4 is 10.2 Å². The van der Waals surface area contributed by atoms with E-state index in [4.69, 9.17) is 0 Å². The zero-order valence-corrected chi connectivity index (χ0v) is 15.7. The standard InChI is InChI=1S/C22H28N2O/c1-15-12-17(3)20(13-16(15)2)14-23-18(4)19-7-9-21(10-8-19)24-11-5-6-22(24)25/h7-10,12-13,18,23H,5-6,11,14H2,1-4H3. The molecule has 132 valence electrons. The molecule has 2 aromatic carbocycles. The fourth-order valence-electron chi connectivity index (χ4n) is 3.46. The first-order valence-corrected chi connectivity index (χ1v) is 9.16. The molecule has 1 amide bonds. The van der Waals surface area contributed by atoms with Crippen LogP contribution in [0.1, 0.15) is 53.6 Å². The number of carbonyl (C=O) groups is 1. The van der Waals surface area contributed by atoms with Gasteiger partial charge in [0.2, 0.25) is 5.91 Å². The van der Waals surface area contributed by atoms with E-state index >= 15 is 0 Å². The van der Waals surface area contributed by atoms with Gasteiger partial charge in [0, 0.05) is 31.2 Å². The SMILES string of the molecule is Cc1cc(C)c(CNC(C)c2ccc(N3CCCC3=O)cc2)cc1C. The monoisotopic (exact) mass is 336 g/mol. The smallest absolute Gasteiger partial charge is 0.227 e. The van der Waals surface area contributed by atoms with E-state index in [0.717, 1.165) is 25.2 Å². The van der Waals surface area contributed by atoms with Crippen molar-refractivity contribution < 1.29 is 4.79 Å². The largest absolute Gasteiger partial charge is 0.312 e. The molecule has 1 saturated heterocycles. The van der Waals surface area contributed by atoms with E-state index in [0.29, 0.717) is 6.42 Å². The summed E-state index contributed by atoms with van der Waals surface area (Å²) in [5.41, 5.74) is 7.65. The van der Waals surface area contributed by atoms with Crippen LogP contribution in [0.2, 0.25) is 0 Å². The highest BCUT2D eigenvalue weighted by atomic mass is 16.2. The van der Waals surface area contributed by atoms with Gasteiger partial charge in [0.25, 0.3) is 0 Å². The van der Waals surface area contributed by atoms with Gasteiger partial charge in [-0.1, -0.05) is 24.3 Å². The third-order valence-electron chi connectivity index (χ3n) is 5.33. The van der Waals surface area contributed by atoms with Crippen molar-refractivity contribution in [1.82, 2.24) is 5.32 Å². The number of anilines is 1. The second kappa shape index (κ2) is 7.40. The number of carbonyl (C=O) groups excluding carboxylic acids is 1. The first-order valence-electron chi connectivity index (χ1n) is 9.16. The normalized spacial score (nSPS) is 15.7. The van der Waals surface area contributed by atoms with Gasteiger partial charge in [-0.2, -0.15) is 0 Å². The summed E-state index contributed by atoms with van der Waals surface area (Å²) in [5.74, 6) is 0.240. The van der Waals surface area contributed by atoms with Crippen LogP contribution in [0.15, 0.2) is 36.4 Å². The average Bonchev–Trinajstić information content (AvgIpc) is 3.03. The molecule has 1 fully saturated rings. The lowest BCUT2D eigenvalue weighted by atomic mass is 10.0. The van der Waals surface area contributed by atoms with Gasteiger partial charge in [-0.15, -0.1) is 0 Å². The molecular formula is C22H28N2O. The minimum atomic E-state index is 0.240. The molecule has 1 aliphatic rings. The van der Waals surface area contributed by atoms with Crippen molar-refractivity contribution in [2.45, 2.75) is 53.1 Å². The van der Waals surface area contributed by atoms with Gasteiger partial charge in [-0.3, -0.25) is 4.79 Å². The molecule has 3 rings (SSSR count). The molecule has 3 heteroatoms. The summed E-state index contributed by atoms with van der Waals surface area (Å²) in [7, 11) is 0. The van der Waals surface area contributed by atoms with E-state index in [1.54, 1.807) is 0 Å². The first-order chi connectivity index (χ1) is 12.0. The minimum Gasteiger partial charge on any atom is -0.312 e. The van der Waals surface area contributed by atoms with Gasteiger partial charge >= 0.3 is 0 Å². The third-order valence-corrected chi connectivity index (χ3v) is 5.33. The van der Waals surface area contributed by atoms with E-state index in [-0.39, 0.29) is 11.9 Å². The van der Waals surface area contributed by atoms with Gasteiger partial charge in [0.05, 0.1) is 0 Å². The second-order valence-electron chi connectivity index (χ2n) is 7.21. The van der Waals surface area contributed by atoms with E-state index in [1.807, 2.05) is 4.90 Å². The van der Waals surface area contributed by atoms with Crippen LogP contribution >= 0.6 is 0 Å². The summed E-state index contributed by atoms with van der Waals surface area (Å²) in [6, 6.07) is 13.2. The predicted octanol–water partition coefficient (Wildman–Crippen LogP) is 4.59. The molecule has 0 radical (unpaired) electrons. The highest BCUT2D eigenvalue weighted by Gasteiger charge is 2.21. The minimum absolute atomic E-state index is 0.240. The highest BCUT2D eigenvalue weighted by Crippen LogP contribution is 2.24. The lowest BCUT2D eigenvalue weighted by Gasteiger charge is -2.19. The van der Waals surface area contributed by atoms with Gasteiger partial charge in [0.15, 0.2) is 0 Å². The summed E-state index contributed by atoms with van der Waals surface area (Å²) in [6.07, 6.45) is 1.64. The van der Waals surface area contributed by atoms with Crippen LogP contribution in [0.25, 0.3) is 0 Å². The Morgan fingerprint density at radius 3 is 2.36 bits per heavy atom. The molecule has 0 aliphatic carbocycles. The van der Waals surface area contributed by atoms with Crippen LogP contribution in [0.4, 0.5) is 5.69 Å². The molecule has 1 atom stereocenters. The Morgan fingerprint density at radius 1 is 1.04 bits per heavy atom. The van der Waals surface area contributed by atoms with Crippen molar-refractivity contribution in [3.05, 3.63) is 64.2 Å². The average molecular weight is 336 g/mol. The number of hydrogen-bond acceptors (Lipinski definition) is 2. The Hall–Kier alpha value is -2.13. The number of nitrogens with one attached hydrogen (secondary N) is 1. The summed E-state index contributed by atoms with van der Waals surface area (Å²) in [6.45, 7) is 10.4. The van der Waals surface area contributed by atoms with Crippen molar-refractivity contribution in [3.63, 3.8) is 0 Å². The van der Waals surface area contributed by atoms with Crippen molar-refractivity contribution >= 4 is 11.6 Å². The Labute approximate surface area is 151 Å². The Bertz CT molecular complexity index is 764. The number of aryl methyl sites for hydroxylation is 3. The number of hydrogen-bond donors (Lipinski definition) is 1. The van der Waals surface area contributed by atoms with Crippen LogP contribution in [0.3, 0.4) is 0 Å². The lowest BCUT2D eigenvalue weighted by molar-refractivity contribution is -0.117. The molecule has 0 spiro atoms. The van der Waals surface area contributed by atoms with Crippen LogP contribution in [-0.4, -0.2) is 12.5 Å². The van der Waals surface area contributed by atoms with Crippen LogP contribution in [0.5, 0.6) is 0 Å². The molecular weight excluding hydrogens is 308 g/mol. The van der Waals surface area contributed by atoms with Gasteiger partial charge < -0.3 is 10.2 Å². The predicted molar refractivity (Wildman–Crippen MR) is 104 cm³/mol. The third kappa shape index (κ3) is 3.93. The Balaban J connectivity index is 1.64. The number of amides is 1. The molecule has 0 bridgehead atoms. The zero-order valence-electron chi connectivity index (χ0n) is 15.7. The number of nitrogens with zero attached hydrogens (tertiary/aromatic N) is 1. The molecule has 1 N–H and O–H groups in total. The van der Waals surface area contributed by atoms with Gasteiger partial charge in [-0.25, -0.2) is 0 Å². The molecule has 0 aromatic heterocycles. The van der Waals surface area contributed by atoms with Crippen molar-refractivity contribution in [2.24, 2.45) is 0 Å². The maximum atomic E-state index is 11.8. The Morgan fingerprint density at radius 2 is 1.72 bits per heavy atom. The quantitative estimate of drug-likeness (QED) is 0.866. The summed E-state index contributed by atoms with van der Waals surface area (Å²) in [5, 5.41) is 3.62. The lowest BCUT2D eigenvalue weighted by Crippen LogP contribution is -2.23. The second-order valence-corrected chi connectivity index (χ2v) is 7.21. The molecule has 1 heterocycles. The molecule has 0 saturated carbocycles. The van der Waals surface area contributed by atoms with Crippen molar-refractivity contribution in [2.75, 3.05) is 11.4 Å². The fraction of sp³-hybridized carbons (Fsp3) is 0.409. The molecule has 1 unspecified atom stereocenters. The van der Waals surface area contributed by atoms with Gasteiger partial charge in [-0.05, 0) is 74.1 Å². The van der Waals surface area contributed by atoms with E-state index in [2.05, 4.69) is 69.4 Å². The molecule has 2 aromatic rings. The van der Waals surface area contributed by atoms with Crippen LogP contribution in [0, 0.1) is 20.8 Å². The molecule has 25 heavy (non-hydrogen) atoms. The summed E-state index contributed by atoms with van der Waals surface area (Å²) in [4.78, 5) is 13.7. The fourth-order valence-corrected chi connectivity index (χ4v) is 3.46. The highest BCUT2D eigenvalue weighted by molar-refractivity contribution is 5.95. The van der Waals surface area contributed by atoms with Crippen molar-refractivity contribution in [3.8, 4) is 0 Å².